The van der Waals surface area contributed by atoms with E-state index in [1.165, 1.54) is 36.3 Å². The first-order valence-electron chi connectivity index (χ1n) is 10.2. The van der Waals surface area contributed by atoms with E-state index in [0.29, 0.717) is 21.2 Å². The molecule has 10 nitrogen and oxygen atoms in total. The molecule has 3 aliphatic heterocycles. The molecule has 0 N–H and O–H groups in total. The molecule has 0 saturated carbocycles. The Kier molecular flexibility index (Phi) is 5.27. The Morgan fingerprint density at radius 3 is 2.38 bits per heavy atom. The van der Waals surface area contributed by atoms with Gasteiger partial charge in [0.1, 0.15) is 6.61 Å². The van der Waals surface area contributed by atoms with Crippen LogP contribution in [0.3, 0.4) is 0 Å². The van der Waals surface area contributed by atoms with Gasteiger partial charge in [-0.05, 0) is 29.8 Å². The van der Waals surface area contributed by atoms with E-state index >= 15 is 0 Å². The van der Waals surface area contributed by atoms with E-state index in [9.17, 15) is 24.5 Å². The van der Waals surface area contributed by atoms with Gasteiger partial charge in [0, 0.05) is 27.7 Å². The van der Waals surface area contributed by atoms with Crippen molar-refractivity contribution in [1.82, 2.24) is 9.80 Å². The van der Waals surface area contributed by atoms with Crippen LogP contribution >= 0.6 is 23.2 Å². The zero-order valence-electron chi connectivity index (χ0n) is 17.6. The maximum atomic E-state index is 13.3. The van der Waals surface area contributed by atoms with Gasteiger partial charge in [0.2, 0.25) is 5.91 Å². The lowest BCUT2D eigenvalue weighted by Crippen LogP contribution is -2.61. The molecule has 0 aliphatic carbocycles. The Morgan fingerprint density at radius 2 is 1.82 bits per heavy atom. The van der Waals surface area contributed by atoms with Gasteiger partial charge in [-0.25, -0.2) is 9.59 Å². The molecule has 5 atom stereocenters. The summed E-state index contributed by atoms with van der Waals surface area (Å²) in [5.41, 5.74) is -0.637. The topological polar surface area (TPSA) is 119 Å². The molecule has 3 heterocycles. The zero-order chi connectivity index (χ0) is 24.4. The summed E-state index contributed by atoms with van der Waals surface area (Å²) in [5, 5.41) is 11.5. The van der Waals surface area contributed by atoms with Crippen molar-refractivity contribution in [3.8, 4) is 0 Å². The largest absolute Gasteiger partial charge is 0.468 e. The van der Waals surface area contributed by atoms with Crippen molar-refractivity contribution < 1.29 is 28.8 Å². The van der Waals surface area contributed by atoms with E-state index in [-0.39, 0.29) is 24.6 Å². The molecule has 0 radical (unpaired) electrons. The fourth-order valence-corrected chi connectivity index (χ4v) is 5.68. The Bertz CT molecular complexity index is 1220. The van der Waals surface area contributed by atoms with Crippen molar-refractivity contribution in [3.63, 3.8) is 0 Å². The highest BCUT2D eigenvalue weighted by Gasteiger charge is 2.86. The van der Waals surface area contributed by atoms with E-state index in [2.05, 4.69) is 0 Å². The first-order chi connectivity index (χ1) is 16.2. The van der Waals surface area contributed by atoms with E-state index in [0.717, 1.165) is 0 Å². The number of non-ortho nitro benzene ring substituents is 1. The highest BCUT2D eigenvalue weighted by molar-refractivity contribution is 6.36. The number of esters is 2. The average Bonchev–Trinajstić information content (AvgIpc) is 3.39. The molecule has 3 aliphatic rings. The van der Waals surface area contributed by atoms with Crippen molar-refractivity contribution in [2.24, 2.45) is 0 Å². The van der Waals surface area contributed by atoms with Gasteiger partial charge in [-0.3, -0.25) is 19.8 Å². The van der Waals surface area contributed by atoms with Gasteiger partial charge in [0.05, 0.1) is 30.7 Å². The maximum absolute atomic E-state index is 13.3. The number of hydrogen-bond donors (Lipinski definition) is 0. The number of fused-ring (bicyclic) bond motifs is 3. The molecule has 2 aromatic carbocycles. The fourth-order valence-electron chi connectivity index (χ4n) is 5.07. The third-order valence-electron chi connectivity index (χ3n) is 6.57. The van der Waals surface area contributed by atoms with Crippen LogP contribution in [0, 0.1) is 10.1 Å². The van der Waals surface area contributed by atoms with Crippen molar-refractivity contribution in [2.45, 2.75) is 36.8 Å². The predicted octanol–water partition coefficient (Wildman–Crippen LogP) is 2.85. The van der Waals surface area contributed by atoms with Crippen LogP contribution in [-0.2, 0) is 30.5 Å². The molecule has 12 heteroatoms. The molecule has 1 amide bonds. The minimum absolute atomic E-state index is 0.0994. The average molecular weight is 506 g/mol. The second-order valence-electron chi connectivity index (χ2n) is 8.18. The van der Waals surface area contributed by atoms with Crippen LogP contribution in [0.2, 0.25) is 10.0 Å². The Morgan fingerprint density at radius 1 is 1.18 bits per heavy atom. The number of rotatable bonds is 6. The smallest absolute Gasteiger partial charge is 0.331 e. The first-order valence-corrected chi connectivity index (χ1v) is 11.0. The molecule has 3 saturated heterocycles. The van der Waals surface area contributed by atoms with Crippen molar-refractivity contribution in [1.29, 1.82) is 0 Å². The maximum Gasteiger partial charge on any atom is 0.331 e. The summed E-state index contributed by atoms with van der Waals surface area (Å²) in [7, 11) is 1.20. The summed E-state index contributed by atoms with van der Waals surface area (Å²) >= 11 is 12.8. The lowest BCUT2D eigenvalue weighted by Gasteiger charge is -2.41. The molecule has 176 valence electrons. The lowest BCUT2D eigenvalue weighted by molar-refractivity contribution is -0.384. The van der Waals surface area contributed by atoms with Gasteiger partial charge >= 0.3 is 11.9 Å². The molecule has 2 aromatic rings. The predicted molar refractivity (Wildman–Crippen MR) is 118 cm³/mol. The SMILES string of the molecule is COC(=O)[C@]12[C@H](C(=O)OCc3ccc([N+](=O)[O-])cc3)N3C(=O)C[C@H]3N1[C@@H]2c1c(Cl)cccc1Cl. The summed E-state index contributed by atoms with van der Waals surface area (Å²) in [6, 6.07) is 8.51. The highest BCUT2D eigenvalue weighted by atomic mass is 35.5. The van der Waals surface area contributed by atoms with E-state index < -0.39 is 40.7 Å². The number of nitro benzene ring substituents is 1. The molecule has 0 spiro atoms. The molecule has 3 fully saturated rings. The van der Waals surface area contributed by atoms with Crippen LogP contribution < -0.4 is 0 Å². The number of nitro groups is 1. The molecule has 34 heavy (non-hydrogen) atoms. The molecule has 0 bridgehead atoms. The molecule has 0 aromatic heterocycles. The minimum atomic E-state index is -1.52. The van der Waals surface area contributed by atoms with Crippen LogP contribution in [-0.4, -0.2) is 57.4 Å². The first kappa shape index (κ1) is 22.6. The minimum Gasteiger partial charge on any atom is -0.468 e. The lowest BCUT2D eigenvalue weighted by atomic mass is 9.89. The van der Waals surface area contributed by atoms with E-state index in [1.807, 2.05) is 0 Å². The highest BCUT2D eigenvalue weighted by Crippen LogP contribution is 2.67. The van der Waals surface area contributed by atoms with Gasteiger partial charge in [-0.1, -0.05) is 29.3 Å². The summed E-state index contributed by atoms with van der Waals surface area (Å²) < 4.78 is 10.5. The molecular formula is C22H17Cl2N3O7. The number of amides is 1. The Hall–Kier alpha value is -3.21. The van der Waals surface area contributed by atoms with E-state index in [4.69, 9.17) is 32.7 Å². The number of ether oxygens (including phenoxy) is 2. The number of hydrogen-bond acceptors (Lipinski definition) is 8. The Balaban J connectivity index is 1.47. The monoisotopic (exact) mass is 505 g/mol. The molecule has 5 rings (SSSR count). The number of methoxy groups -OCH3 is 1. The van der Waals surface area contributed by atoms with Crippen molar-refractivity contribution in [3.05, 3.63) is 73.8 Å². The number of benzene rings is 2. The molecule has 1 unspecified atom stereocenters. The van der Waals surface area contributed by atoms with Gasteiger partial charge in [-0.15, -0.1) is 0 Å². The number of carbonyl (C=O) groups is 3. The normalized spacial score (nSPS) is 28.4. The van der Waals surface area contributed by atoms with Crippen LogP contribution in [0.5, 0.6) is 0 Å². The summed E-state index contributed by atoms with van der Waals surface area (Å²) in [5.74, 6) is -1.79. The third kappa shape index (κ3) is 3.02. The second kappa shape index (κ2) is 7.93. The number of halogens is 2. The van der Waals surface area contributed by atoms with Crippen LogP contribution in [0.1, 0.15) is 23.6 Å². The zero-order valence-corrected chi connectivity index (χ0v) is 19.2. The number of nitrogens with zero attached hydrogens (tertiary/aromatic N) is 3. The molecular weight excluding hydrogens is 489 g/mol. The summed E-state index contributed by atoms with van der Waals surface area (Å²) in [4.78, 5) is 52.2. The standard InChI is InChI=1S/C22H17Cl2N3O7/c1-33-21(30)22-18(17-13(23)3-2-4-14(17)24)26(22)15-9-16(28)25(15)19(22)20(29)34-10-11-5-7-12(8-6-11)27(31)32/h2-8,15,18-19H,9-10H2,1H3/t15-,18-,19+,22+,26?/m1/s1. The summed E-state index contributed by atoms with van der Waals surface area (Å²) in [6.45, 7) is -0.200. The van der Waals surface area contributed by atoms with Gasteiger partial charge in [-0.2, -0.15) is 0 Å². The van der Waals surface area contributed by atoms with Gasteiger partial charge in [0.25, 0.3) is 5.69 Å². The fraction of sp³-hybridized carbons (Fsp3) is 0.318. The van der Waals surface area contributed by atoms with Crippen LogP contribution in [0.4, 0.5) is 5.69 Å². The van der Waals surface area contributed by atoms with E-state index in [1.54, 1.807) is 23.1 Å². The van der Waals surface area contributed by atoms with Crippen molar-refractivity contribution >= 4 is 46.7 Å². The Labute approximate surface area is 203 Å². The second-order valence-corrected chi connectivity index (χ2v) is 9.00. The van der Waals surface area contributed by atoms with Gasteiger partial charge in [0.15, 0.2) is 11.6 Å². The third-order valence-corrected chi connectivity index (χ3v) is 7.23. The van der Waals surface area contributed by atoms with Crippen molar-refractivity contribution in [2.75, 3.05) is 7.11 Å². The van der Waals surface area contributed by atoms with Crippen LogP contribution in [0.15, 0.2) is 42.5 Å². The van der Waals surface area contributed by atoms with Crippen LogP contribution in [0.25, 0.3) is 0 Å². The summed E-state index contributed by atoms with van der Waals surface area (Å²) in [6.07, 6.45) is -0.371. The van der Waals surface area contributed by atoms with Gasteiger partial charge < -0.3 is 14.4 Å². The quantitative estimate of drug-likeness (QED) is 0.193. The number of β-lactam (4-membered cyclic amide) rings is 1. The number of carbonyl (C=O) groups excluding carboxylic acids is 3.